The Morgan fingerprint density at radius 2 is 1.88 bits per heavy atom. The molecule has 2 nitrogen and oxygen atoms in total. The van der Waals surface area contributed by atoms with E-state index in [9.17, 15) is 4.79 Å². The third-order valence-electron chi connectivity index (χ3n) is 2.95. The number of hydrogen-bond acceptors (Lipinski definition) is 2. The molecule has 1 atom stereocenters. The van der Waals surface area contributed by atoms with E-state index < -0.39 is 0 Å². The van der Waals surface area contributed by atoms with Crippen molar-refractivity contribution in [3.05, 3.63) is 35.4 Å². The van der Waals surface area contributed by atoms with Gasteiger partial charge in [0.25, 0.3) is 0 Å². The van der Waals surface area contributed by atoms with Crippen molar-refractivity contribution >= 4 is 5.78 Å². The van der Waals surface area contributed by atoms with Crippen LogP contribution in [-0.2, 0) is 0 Å². The molecule has 0 aromatic heterocycles. The SMILES string of the molecule is CCNCC(=O)c1ccc(C(C)CC)cc1. The van der Waals surface area contributed by atoms with Crippen LogP contribution < -0.4 is 5.32 Å². The van der Waals surface area contributed by atoms with Crippen LogP contribution in [0.15, 0.2) is 24.3 Å². The summed E-state index contributed by atoms with van der Waals surface area (Å²) in [4.78, 5) is 11.7. The van der Waals surface area contributed by atoms with Gasteiger partial charge in [0.2, 0.25) is 0 Å². The molecule has 1 unspecified atom stereocenters. The summed E-state index contributed by atoms with van der Waals surface area (Å²) in [7, 11) is 0. The van der Waals surface area contributed by atoms with Crippen LogP contribution in [0.25, 0.3) is 0 Å². The molecule has 88 valence electrons. The highest BCUT2D eigenvalue weighted by molar-refractivity contribution is 5.97. The number of Topliss-reactive ketones (excluding diaryl/α,β-unsaturated/α-hetero) is 1. The molecule has 0 aliphatic carbocycles. The highest BCUT2D eigenvalue weighted by atomic mass is 16.1. The maximum atomic E-state index is 11.7. The van der Waals surface area contributed by atoms with Crippen molar-refractivity contribution in [2.24, 2.45) is 0 Å². The Morgan fingerprint density at radius 3 is 2.38 bits per heavy atom. The maximum Gasteiger partial charge on any atom is 0.176 e. The second-order valence-electron chi connectivity index (χ2n) is 4.13. The Balaban J connectivity index is 2.67. The number of likely N-dealkylation sites (N-methyl/N-ethyl adjacent to an activating group) is 1. The minimum absolute atomic E-state index is 0.164. The fraction of sp³-hybridized carbons (Fsp3) is 0.500. The van der Waals surface area contributed by atoms with Gasteiger partial charge < -0.3 is 5.32 Å². The summed E-state index contributed by atoms with van der Waals surface area (Å²) in [5.41, 5.74) is 2.11. The third-order valence-corrected chi connectivity index (χ3v) is 2.95. The summed E-state index contributed by atoms with van der Waals surface area (Å²) in [6.45, 7) is 7.64. The second-order valence-corrected chi connectivity index (χ2v) is 4.13. The lowest BCUT2D eigenvalue weighted by Gasteiger charge is -2.09. The molecule has 1 N–H and O–H groups in total. The highest BCUT2D eigenvalue weighted by Crippen LogP contribution is 2.18. The maximum absolute atomic E-state index is 11.7. The minimum atomic E-state index is 0.164. The molecule has 0 spiro atoms. The van der Waals surface area contributed by atoms with E-state index >= 15 is 0 Å². The lowest BCUT2D eigenvalue weighted by molar-refractivity contribution is 0.0992. The van der Waals surface area contributed by atoms with Crippen LogP contribution in [0.2, 0.25) is 0 Å². The topological polar surface area (TPSA) is 29.1 Å². The van der Waals surface area contributed by atoms with Crippen LogP contribution >= 0.6 is 0 Å². The van der Waals surface area contributed by atoms with Gasteiger partial charge in [0, 0.05) is 5.56 Å². The molecule has 0 saturated heterocycles. The molecule has 0 radical (unpaired) electrons. The molecule has 1 aromatic carbocycles. The number of carbonyl (C=O) groups is 1. The average molecular weight is 219 g/mol. The molecule has 16 heavy (non-hydrogen) atoms. The van der Waals surface area contributed by atoms with Gasteiger partial charge in [-0.05, 0) is 24.4 Å². The van der Waals surface area contributed by atoms with Crippen LogP contribution in [0.1, 0.15) is 49.0 Å². The molecule has 2 heteroatoms. The van der Waals surface area contributed by atoms with Crippen LogP contribution in [0.5, 0.6) is 0 Å². The van der Waals surface area contributed by atoms with E-state index in [2.05, 4.69) is 31.3 Å². The van der Waals surface area contributed by atoms with Crippen LogP contribution in [0, 0.1) is 0 Å². The molecule has 1 aromatic rings. The Hall–Kier alpha value is -1.15. The van der Waals surface area contributed by atoms with Gasteiger partial charge in [-0.1, -0.05) is 45.0 Å². The zero-order valence-corrected chi connectivity index (χ0v) is 10.4. The zero-order valence-electron chi connectivity index (χ0n) is 10.4. The molecule has 0 heterocycles. The molecular formula is C14H21NO. The van der Waals surface area contributed by atoms with Crippen molar-refractivity contribution < 1.29 is 4.79 Å². The Bertz CT molecular complexity index is 329. The van der Waals surface area contributed by atoms with E-state index in [1.54, 1.807) is 0 Å². The highest BCUT2D eigenvalue weighted by Gasteiger charge is 2.06. The number of benzene rings is 1. The number of hydrogen-bond donors (Lipinski definition) is 1. The van der Waals surface area contributed by atoms with E-state index in [0.717, 1.165) is 18.5 Å². The summed E-state index contributed by atoms with van der Waals surface area (Å²) in [6, 6.07) is 7.99. The van der Waals surface area contributed by atoms with Crippen molar-refractivity contribution in [1.29, 1.82) is 0 Å². The lowest BCUT2D eigenvalue weighted by Crippen LogP contribution is -2.22. The second kappa shape index (κ2) is 6.44. The largest absolute Gasteiger partial charge is 0.310 e. The molecule has 1 rings (SSSR count). The first-order chi connectivity index (χ1) is 7.69. The number of rotatable bonds is 6. The molecule has 0 fully saturated rings. The summed E-state index contributed by atoms with van der Waals surface area (Å²) >= 11 is 0. The Morgan fingerprint density at radius 1 is 1.25 bits per heavy atom. The fourth-order valence-corrected chi connectivity index (χ4v) is 1.57. The van der Waals surface area contributed by atoms with Crippen LogP contribution in [0.3, 0.4) is 0 Å². The molecule has 0 aliphatic rings. The van der Waals surface area contributed by atoms with Crippen molar-refractivity contribution in [2.45, 2.75) is 33.1 Å². The monoisotopic (exact) mass is 219 g/mol. The van der Waals surface area contributed by atoms with Gasteiger partial charge in [-0.15, -0.1) is 0 Å². The standard InChI is InChI=1S/C14H21NO/c1-4-11(3)12-6-8-13(9-7-12)14(16)10-15-5-2/h6-9,11,15H,4-5,10H2,1-3H3. The van der Waals surface area contributed by atoms with Crippen molar-refractivity contribution in [2.75, 3.05) is 13.1 Å². The van der Waals surface area contributed by atoms with Gasteiger partial charge >= 0.3 is 0 Å². The van der Waals surface area contributed by atoms with Gasteiger partial charge in [0.1, 0.15) is 0 Å². The van der Waals surface area contributed by atoms with E-state index in [0.29, 0.717) is 12.5 Å². The predicted octanol–water partition coefficient (Wildman–Crippen LogP) is 2.99. The smallest absolute Gasteiger partial charge is 0.176 e. The lowest BCUT2D eigenvalue weighted by atomic mass is 9.97. The van der Waals surface area contributed by atoms with Crippen molar-refractivity contribution in [3.63, 3.8) is 0 Å². The zero-order chi connectivity index (χ0) is 12.0. The van der Waals surface area contributed by atoms with E-state index in [1.165, 1.54) is 5.56 Å². The Labute approximate surface area is 98.1 Å². The van der Waals surface area contributed by atoms with Crippen LogP contribution in [-0.4, -0.2) is 18.9 Å². The first kappa shape index (κ1) is 12.9. The van der Waals surface area contributed by atoms with Crippen molar-refractivity contribution in [1.82, 2.24) is 5.32 Å². The Kier molecular flexibility index (Phi) is 5.20. The normalized spacial score (nSPS) is 12.4. The van der Waals surface area contributed by atoms with Gasteiger partial charge in [-0.2, -0.15) is 0 Å². The fourth-order valence-electron chi connectivity index (χ4n) is 1.57. The van der Waals surface area contributed by atoms with E-state index in [1.807, 2.05) is 19.1 Å². The summed E-state index contributed by atoms with van der Waals surface area (Å²) in [5.74, 6) is 0.732. The van der Waals surface area contributed by atoms with Crippen LogP contribution in [0.4, 0.5) is 0 Å². The molecular weight excluding hydrogens is 198 g/mol. The number of carbonyl (C=O) groups excluding carboxylic acids is 1. The number of ketones is 1. The number of nitrogens with one attached hydrogen (secondary N) is 1. The van der Waals surface area contributed by atoms with Crippen molar-refractivity contribution in [3.8, 4) is 0 Å². The summed E-state index contributed by atoms with van der Waals surface area (Å²) in [5, 5.41) is 3.05. The first-order valence-corrected chi connectivity index (χ1v) is 6.02. The molecule has 0 aliphatic heterocycles. The van der Waals surface area contributed by atoms with Gasteiger partial charge in [-0.3, -0.25) is 4.79 Å². The molecule has 0 saturated carbocycles. The summed E-state index contributed by atoms with van der Waals surface area (Å²) in [6.07, 6.45) is 1.13. The third kappa shape index (κ3) is 3.46. The first-order valence-electron chi connectivity index (χ1n) is 6.02. The van der Waals surface area contributed by atoms with Gasteiger partial charge in [-0.25, -0.2) is 0 Å². The van der Waals surface area contributed by atoms with Gasteiger partial charge in [0.15, 0.2) is 5.78 Å². The molecule has 0 bridgehead atoms. The summed E-state index contributed by atoms with van der Waals surface area (Å²) < 4.78 is 0. The average Bonchev–Trinajstić information content (AvgIpc) is 2.35. The van der Waals surface area contributed by atoms with E-state index in [-0.39, 0.29) is 5.78 Å². The quantitative estimate of drug-likeness (QED) is 0.745. The predicted molar refractivity (Wildman–Crippen MR) is 68.0 cm³/mol. The molecule has 0 amide bonds. The van der Waals surface area contributed by atoms with E-state index in [4.69, 9.17) is 0 Å². The minimum Gasteiger partial charge on any atom is -0.310 e. The van der Waals surface area contributed by atoms with Gasteiger partial charge in [0.05, 0.1) is 6.54 Å².